The summed E-state index contributed by atoms with van der Waals surface area (Å²) in [6, 6.07) is 15.2. The number of benzene rings is 3. The summed E-state index contributed by atoms with van der Waals surface area (Å²) in [7, 11) is 0. The van der Waals surface area contributed by atoms with Crippen molar-refractivity contribution in [3.8, 4) is 5.69 Å². The summed E-state index contributed by atoms with van der Waals surface area (Å²) in [6.45, 7) is 5.09. The molecule has 1 atom stereocenters. The topological polar surface area (TPSA) is 88.0 Å². The molecule has 12 heteroatoms. The molecule has 1 saturated carbocycles. The lowest BCUT2D eigenvalue weighted by molar-refractivity contribution is -0.129. The first-order valence-corrected chi connectivity index (χ1v) is 21.8. The van der Waals surface area contributed by atoms with Gasteiger partial charge in [0, 0.05) is 38.2 Å². The Morgan fingerprint density at radius 1 is 0.810 bits per heavy atom. The number of imide groups is 1. The van der Waals surface area contributed by atoms with Crippen molar-refractivity contribution in [2.24, 2.45) is 5.92 Å². The third-order valence-electron chi connectivity index (χ3n) is 14.5. The van der Waals surface area contributed by atoms with Gasteiger partial charge in [-0.15, -0.1) is 0 Å². The Kier molecular flexibility index (Phi) is 9.72. The highest BCUT2D eigenvalue weighted by Gasteiger charge is 2.47. The van der Waals surface area contributed by atoms with Crippen molar-refractivity contribution < 1.29 is 23.1 Å². The Labute approximate surface area is 342 Å². The summed E-state index contributed by atoms with van der Waals surface area (Å²) < 4.78 is 39.4. The van der Waals surface area contributed by atoms with Crippen LogP contribution in [0, 0.1) is 17.6 Å². The molecule has 0 N–H and O–H groups in total. The monoisotopic (exact) mass is 809 g/mol. The fourth-order valence-corrected chi connectivity index (χ4v) is 11.6. The normalized spacial score (nSPS) is 23.5. The first kappa shape index (κ1) is 38.0. The van der Waals surface area contributed by atoms with Gasteiger partial charge >= 0.3 is 0 Å². The minimum Gasteiger partial charge on any atom is -0.375 e. The minimum atomic E-state index is -0.887. The number of piperidine rings is 3. The zero-order valence-electron chi connectivity index (χ0n) is 32.9. The largest absolute Gasteiger partial charge is 0.375 e. The van der Waals surface area contributed by atoms with E-state index in [1.807, 2.05) is 17.0 Å². The molecule has 4 aromatic rings. The van der Waals surface area contributed by atoms with E-state index in [1.54, 1.807) is 6.07 Å². The molecule has 0 radical (unpaired) electrons. The predicted molar refractivity (Wildman–Crippen MR) is 220 cm³/mol. The van der Waals surface area contributed by atoms with Crippen molar-refractivity contribution in [3.63, 3.8) is 0 Å². The SMILES string of the molecule is O=C1CCCC(=O)N1c1c(F)cc(N2CCC3(CCC(CN4CCC(c5ccc6c(c5)C5(CCCCC5)c5nc(=O)c7c(Cl)cccc7n5-6)CC4)CO3)CC2)cc1F. The number of hydrogen-bond donors (Lipinski definition) is 0. The fraction of sp³-hybridized carbons (Fsp3) is 0.522. The van der Waals surface area contributed by atoms with Crippen LogP contribution in [0.25, 0.3) is 16.6 Å². The highest BCUT2D eigenvalue weighted by Crippen LogP contribution is 2.52. The Balaban J connectivity index is 0.756. The van der Waals surface area contributed by atoms with Gasteiger partial charge in [0.05, 0.1) is 39.2 Å². The molecular formula is C46H50ClF2N5O4. The molecule has 9 nitrogen and oxygen atoms in total. The number of anilines is 2. The summed E-state index contributed by atoms with van der Waals surface area (Å²) >= 11 is 6.56. The molecule has 4 saturated heterocycles. The van der Waals surface area contributed by atoms with E-state index in [9.17, 15) is 14.4 Å². The van der Waals surface area contributed by atoms with Gasteiger partial charge in [0.15, 0.2) is 11.6 Å². The van der Waals surface area contributed by atoms with E-state index in [4.69, 9.17) is 21.3 Å². The number of likely N-dealkylation sites (tertiary alicyclic amines) is 1. The number of rotatable bonds is 5. The summed E-state index contributed by atoms with van der Waals surface area (Å²) in [6.07, 6.45) is 11.9. The van der Waals surface area contributed by atoms with Gasteiger partial charge in [-0.1, -0.05) is 49.1 Å². The summed E-state index contributed by atoms with van der Waals surface area (Å²) in [5, 5.41) is 0.945. The van der Waals surface area contributed by atoms with Crippen LogP contribution in [0.3, 0.4) is 0 Å². The Hall–Kier alpha value is -4.19. The number of nitrogens with zero attached hydrogens (tertiary/aromatic N) is 5. The highest BCUT2D eigenvalue weighted by molar-refractivity contribution is 6.35. The smallest absolute Gasteiger partial charge is 0.282 e. The Bertz CT molecular complexity index is 2310. The number of hydrogen-bond acceptors (Lipinski definition) is 7. The van der Waals surface area contributed by atoms with Gasteiger partial charge in [0.2, 0.25) is 11.8 Å². The van der Waals surface area contributed by atoms with Gasteiger partial charge in [-0.2, -0.15) is 4.98 Å². The molecule has 0 bridgehead atoms. The maximum atomic E-state index is 15.3. The highest BCUT2D eigenvalue weighted by atomic mass is 35.5. The van der Waals surface area contributed by atoms with Crippen molar-refractivity contribution >= 4 is 45.7 Å². The van der Waals surface area contributed by atoms with E-state index in [-0.39, 0.29) is 29.4 Å². The fourth-order valence-electron chi connectivity index (χ4n) is 11.3. The average molecular weight is 810 g/mol. The van der Waals surface area contributed by atoms with Crippen molar-refractivity contribution in [2.45, 2.75) is 107 Å². The minimum absolute atomic E-state index is 0.104. The molecule has 3 aromatic carbocycles. The van der Waals surface area contributed by atoms with Gasteiger partial charge in [0.25, 0.3) is 5.56 Å². The molecule has 2 spiro atoms. The van der Waals surface area contributed by atoms with Crippen molar-refractivity contribution in [2.75, 3.05) is 49.1 Å². The van der Waals surface area contributed by atoms with Crippen LogP contribution in [0.4, 0.5) is 20.2 Å². The number of carbonyl (C=O) groups excluding carboxylic acids is 2. The molecule has 10 rings (SSSR count). The predicted octanol–water partition coefficient (Wildman–Crippen LogP) is 8.57. The summed E-state index contributed by atoms with van der Waals surface area (Å²) in [5.41, 5.74) is 3.88. The lowest BCUT2D eigenvalue weighted by Crippen LogP contribution is -2.50. The molecule has 6 aliphatic rings. The average Bonchev–Trinajstić information content (AvgIpc) is 3.48. The lowest BCUT2D eigenvalue weighted by atomic mass is 9.69. The van der Waals surface area contributed by atoms with Gasteiger partial charge in [-0.3, -0.25) is 19.0 Å². The number of fused-ring (bicyclic) bond motifs is 7. The molecule has 304 valence electrons. The maximum Gasteiger partial charge on any atom is 0.282 e. The second-order valence-corrected chi connectivity index (χ2v) is 18.2. The summed E-state index contributed by atoms with van der Waals surface area (Å²) in [4.78, 5) is 48.1. The molecule has 5 aliphatic heterocycles. The van der Waals surface area contributed by atoms with Gasteiger partial charge < -0.3 is 14.5 Å². The second kappa shape index (κ2) is 14.8. The zero-order valence-corrected chi connectivity index (χ0v) is 33.7. The van der Waals surface area contributed by atoms with Crippen LogP contribution >= 0.6 is 11.6 Å². The van der Waals surface area contributed by atoms with Crippen molar-refractivity contribution in [1.29, 1.82) is 0 Å². The second-order valence-electron chi connectivity index (χ2n) is 17.8. The number of halogens is 3. The van der Waals surface area contributed by atoms with Crippen LogP contribution in [0.1, 0.15) is 113 Å². The number of amides is 2. The molecule has 1 unspecified atom stereocenters. The van der Waals surface area contributed by atoms with Crippen LogP contribution in [0.2, 0.25) is 5.02 Å². The standard InChI is InChI=1S/C46H50ClF2N5O4/c47-34-6-4-7-38-41(34)43(57)50-44-46(15-2-1-3-16-46)33-24-31(10-11-37(33)53(38)44)30-13-20-51(21-14-30)27-29-12-17-45(58-28-29)18-22-52(23-19-45)32-25-35(48)42(36(49)26-32)54-39(55)8-5-9-40(54)56/h4,6-7,10-11,24-26,29-30H,1-3,5,8-9,12-23,27-28H2. The number of aromatic nitrogens is 2. The zero-order chi connectivity index (χ0) is 39.8. The van der Waals surface area contributed by atoms with Gasteiger partial charge in [-0.05, 0) is 124 Å². The first-order chi connectivity index (χ1) is 28.1. The van der Waals surface area contributed by atoms with Crippen LogP contribution in [0.15, 0.2) is 53.3 Å². The van der Waals surface area contributed by atoms with Gasteiger partial charge in [-0.25, -0.2) is 13.7 Å². The Morgan fingerprint density at radius 2 is 1.53 bits per heavy atom. The third-order valence-corrected chi connectivity index (χ3v) is 14.8. The van der Waals surface area contributed by atoms with Crippen LogP contribution in [-0.2, 0) is 19.7 Å². The quantitative estimate of drug-likeness (QED) is 0.187. The lowest BCUT2D eigenvalue weighted by Gasteiger charge is -2.47. The molecule has 6 heterocycles. The van der Waals surface area contributed by atoms with Crippen LogP contribution in [-0.4, -0.2) is 71.2 Å². The molecule has 1 aliphatic carbocycles. The molecular weight excluding hydrogens is 760 g/mol. The first-order valence-electron chi connectivity index (χ1n) is 21.5. The molecule has 5 fully saturated rings. The van der Waals surface area contributed by atoms with E-state index < -0.39 is 29.1 Å². The number of carbonyl (C=O) groups is 2. The van der Waals surface area contributed by atoms with Crippen LogP contribution in [0.5, 0.6) is 0 Å². The van der Waals surface area contributed by atoms with E-state index in [2.05, 4.69) is 27.7 Å². The third kappa shape index (κ3) is 6.38. The summed E-state index contributed by atoms with van der Waals surface area (Å²) in [5.74, 6) is -1.06. The maximum absolute atomic E-state index is 15.3. The van der Waals surface area contributed by atoms with E-state index in [1.165, 1.54) is 29.7 Å². The van der Waals surface area contributed by atoms with Crippen molar-refractivity contribution in [1.82, 2.24) is 14.5 Å². The Morgan fingerprint density at radius 3 is 2.22 bits per heavy atom. The van der Waals surface area contributed by atoms with E-state index in [0.717, 1.165) is 107 Å². The van der Waals surface area contributed by atoms with Crippen molar-refractivity contribution in [3.05, 3.63) is 92.5 Å². The number of ether oxygens (including phenoxy) is 1. The molecule has 58 heavy (non-hydrogen) atoms. The molecule has 1 aromatic heterocycles. The van der Waals surface area contributed by atoms with E-state index in [0.29, 0.717) is 52.3 Å². The van der Waals surface area contributed by atoms with Gasteiger partial charge in [0.1, 0.15) is 11.5 Å². The van der Waals surface area contributed by atoms with E-state index >= 15 is 8.78 Å². The molecule has 2 amide bonds. The van der Waals surface area contributed by atoms with Crippen LogP contribution < -0.4 is 15.4 Å².